The summed E-state index contributed by atoms with van der Waals surface area (Å²) >= 11 is 0. The Balaban J connectivity index is 1.65. The third kappa shape index (κ3) is 3.66. The van der Waals surface area contributed by atoms with Crippen molar-refractivity contribution in [2.45, 2.75) is 58.0 Å². The molecule has 0 unspecified atom stereocenters. The summed E-state index contributed by atoms with van der Waals surface area (Å²) in [6, 6.07) is 14.9. The second-order valence-corrected chi connectivity index (χ2v) is 9.38. The number of anilines is 1. The summed E-state index contributed by atoms with van der Waals surface area (Å²) in [5.41, 5.74) is 5.22. The number of rotatable bonds is 4. The van der Waals surface area contributed by atoms with E-state index in [1.165, 1.54) is 23.3 Å². The Hall–Kier alpha value is -2.86. The average Bonchev–Trinajstić information content (AvgIpc) is 3.17. The van der Waals surface area contributed by atoms with Crippen molar-refractivity contribution in [2.24, 2.45) is 5.92 Å². The molecule has 0 bridgehead atoms. The maximum Gasteiger partial charge on any atom is 0.412 e. The minimum Gasteiger partial charge on any atom is -0.465 e. The molecular weight excluding hydrogens is 400 g/mol. The quantitative estimate of drug-likeness (QED) is 0.608. The van der Waals surface area contributed by atoms with Crippen LogP contribution in [0.4, 0.5) is 10.5 Å². The molecule has 0 aliphatic carbocycles. The van der Waals surface area contributed by atoms with Crippen LogP contribution in [0.1, 0.15) is 56.1 Å². The van der Waals surface area contributed by atoms with E-state index in [4.69, 9.17) is 4.98 Å². The largest absolute Gasteiger partial charge is 0.465 e. The Kier molecular flexibility index (Phi) is 5.64. The Morgan fingerprint density at radius 3 is 2.75 bits per heavy atom. The van der Waals surface area contributed by atoms with Crippen LogP contribution in [0.2, 0.25) is 0 Å². The maximum atomic E-state index is 12.0. The Bertz CT molecular complexity index is 1120. The number of aryl methyl sites for hydroxylation is 1. The molecule has 2 N–H and O–H groups in total. The number of benzene rings is 2. The molecule has 6 nitrogen and oxygen atoms in total. The van der Waals surface area contributed by atoms with Crippen LogP contribution < -0.4 is 10.2 Å². The lowest BCUT2D eigenvalue weighted by Crippen LogP contribution is -2.41. The van der Waals surface area contributed by atoms with Crippen LogP contribution in [0.3, 0.4) is 0 Å². The fourth-order valence-corrected chi connectivity index (χ4v) is 5.60. The fraction of sp³-hybridized carbons (Fsp3) is 0.462. The van der Waals surface area contributed by atoms with E-state index >= 15 is 0 Å². The summed E-state index contributed by atoms with van der Waals surface area (Å²) in [7, 11) is 0. The monoisotopic (exact) mass is 432 g/mol. The molecule has 2 aliphatic rings. The molecule has 3 atom stereocenters. The highest BCUT2D eigenvalue weighted by Crippen LogP contribution is 2.38. The lowest BCUT2D eigenvalue weighted by Gasteiger charge is -2.33. The highest BCUT2D eigenvalue weighted by Gasteiger charge is 2.32. The van der Waals surface area contributed by atoms with Crippen molar-refractivity contribution in [1.29, 1.82) is 0 Å². The van der Waals surface area contributed by atoms with Gasteiger partial charge in [0.1, 0.15) is 5.82 Å². The summed E-state index contributed by atoms with van der Waals surface area (Å²) in [6.45, 7) is 6.43. The first-order valence-corrected chi connectivity index (χ1v) is 11.8. The van der Waals surface area contributed by atoms with E-state index in [2.05, 4.69) is 47.1 Å². The SMILES string of the molecule is C[C@H]1CCc2c(ccc3c2nc(Cc2ccccc2)n3[C@@H](C)[C@H]2CCCNC2)N1C(=O)O. The molecule has 0 radical (unpaired) electrons. The number of aromatic nitrogens is 2. The van der Waals surface area contributed by atoms with Crippen LogP contribution in [0.25, 0.3) is 11.0 Å². The van der Waals surface area contributed by atoms with Crippen LogP contribution in [-0.2, 0) is 12.8 Å². The maximum absolute atomic E-state index is 12.0. The summed E-state index contributed by atoms with van der Waals surface area (Å²) < 4.78 is 2.43. The van der Waals surface area contributed by atoms with Crippen molar-refractivity contribution in [1.82, 2.24) is 14.9 Å². The molecule has 1 aromatic heterocycles. The van der Waals surface area contributed by atoms with Gasteiger partial charge in [-0.3, -0.25) is 4.90 Å². The predicted molar refractivity (Wildman–Crippen MR) is 128 cm³/mol. The number of amides is 1. The number of imidazole rings is 1. The van der Waals surface area contributed by atoms with Crippen LogP contribution in [0.5, 0.6) is 0 Å². The molecule has 6 heteroatoms. The van der Waals surface area contributed by atoms with Crippen LogP contribution in [0, 0.1) is 5.92 Å². The van der Waals surface area contributed by atoms with Gasteiger partial charge in [0.25, 0.3) is 0 Å². The second-order valence-electron chi connectivity index (χ2n) is 9.38. The zero-order chi connectivity index (χ0) is 22.2. The molecule has 5 rings (SSSR count). The smallest absolute Gasteiger partial charge is 0.412 e. The number of piperidine rings is 1. The molecular formula is C26H32N4O2. The van der Waals surface area contributed by atoms with E-state index in [1.54, 1.807) is 0 Å². The molecule has 0 spiro atoms. The van der Waals surface area contributed by atoms with E-state index in [0.29, 0.717) is 12.0 Å². The number of carbonyl (C=O) groups is 1. The third-order valence-electron chi connectivity index (χ3n) is 7.36. The van der Waals surface area contributed by atoms with Crippen molar-refractivity contribution >= 4 is 22.8 Å². The van der Waals surface area contributed by atoms with Crippen LogP contribution in [-0.4, -0.2) is 39.9 Å². The van der Waals surface area contributed by atoms with E-state index in [9.17, 15) is 9.90 Å². The molecule has 2 aromatic carbocycles. The molecule has 3 heterocycles. The van der Waals surface area contributed by atoms with Crippen LogP contribution >= 0.6 is 0 Å². The Labute approximate surface area is 189 Å². The molecule has 3 aromatic rings. The van der Waals surface area contributed by atoms with Gasteiger partial charge in [0.15, 0.2) is 0 Å². The summed E-state index contributed by atoms with van der Waals surface area (Å²) in [4.78, 5) is 18.7. The molecule has 32 heavy (non-hydrogen) atoms. The van der Waals surface area contributed by atoms with Gasteiger partial charge in [-0.25, -0.2) is 9.78 Å². The molecule has 1 amide bonds. The summed E-state index contributed by atoms with van der Waals surface area (Å²) in [6.07, 6.45) is 3.99. The highest BCUT2D eigenvalue weighted by molar-refractivity contribution is 5.94. The van der Waals surface area contributed by atoms with Crippen molar-refractivity contribution in [3.05, 3.63) is 59.4 Å². The van der Waals surface area contributed by atoms with Gasteiger partial charge in [-0.15, -0.1) is 0 Å². The van der Waals surface area contributed by atoms with Crippen molar-refractivity contribution < 1.29 is 9.90 Å². The standard InChI is InChI=1S/C26H32N4O2/c1-17-10-11-21-22(29(17)26(31)32)12-13-23-25(21)28-24(15-19-7-4-3-5-8-19)30(23)18(2)20-9-6-14-27-16-20/h3-5,7-8,12-13,17-18,20,27H,6,9-11,14-16H2,1-2H3,(H,31,32)/t17-,18-,20-/m0/s1. The molecule has 168 valence electrons. The third-order valence-corrected chi connectivity index (χ3v) is 7.36. The molecule has 2 aliphatic heterocycles. The first-order valence-electron chi connectivity index (χ1n) is 11.8. The van der Waals surface area contributed by atoms with Crippen molar-refractivity contribution in [3.63, 3.8) is 0 Å². The van der Waals surface area contributed by atoms with Gasteiger partial charge in [-0.05, 0) is 76.2 Å². The lowest BCUT2D eigenvalue weighted by molar-refractivity contribution is 0.198. The Morgan fingerprint density at radius 1 is 1.22 bits per heavy atom. The zero-order valence-corrected chi connectivity index (χ0v) is 18.9. The average molecular weight is 433 g/mol. The zero-order valence-electron chi connectivity index (χ0n) is 18.9. The molecule has 0 saturated carbocycles. The van der Waals surface area contributed by atoms with Gasteiger partial charge in [0.05, 0.1) is 16.7 Å². The van der Waals surface area contributed by atoms with Gasteiger partial charge in [-0.1, -0.05) is 30.3 Å². The topological polar surface area (TPSA) is 70.4 Å². The minimum absolute atomic E-state index is 0.0180. The van der Waals surface area contributed by atoms with Gasteiger partial charge < -0.3 is 15.0 Å². The number of hydrogen-bond acceptors (Lipinski definition) is 3. The predicted octanol–water partition coefficient (Wildman–Crippen LogP) is 5.01. The number of carboxylic acid groups (broad SMARTS) is 1. The summed E-state index contributed by atoms with van der Waals surface area (Å²) in [5.74, 6) is 1.63. The van der Waals surface area contributed by atoms with Gasteiger partial charge >= 0.3 is 6.09 Å². The van der Waals surface area contributed by atoms with Gasteiger partial charge in [-0.2, -0.15) is 0 Å². The van der Waals surface area contributed by atoms with Crippen LogP contribution in [0.15, 0.2) is 42.5 Å². The second kappa shape index (κ2) is 8.58. The van der Waals surface area contributed by atoms with E-state index in [-0.39, 0.29) is 6.04 Å². The Morgan fingerprint density at radius 2 is 2.03 bits per heavy atom. The lowest BCUT2D eigenvalue weighted by atomic mass is 9.92. The first-order chi connectivity index (χ1) is 15.5. The van der Waals surface area contributed by atoms with Crippen molar-refractivity contribution in [3.8, 4) is 0 Å². The minimum atomic E-state index is -0.886. The molecule has 1 saturated heterocycles. The number of fused-ring (bicyclic) bond motifs is 3. The van der Waals surface area contributed by atoms with Gasteiger partial charge in [0, 0.05) is 24.1 Å². The van der Waals surface area contributed by atoms with Gasteiger partial charge in [0.2, 0.25) is 0 Å². The van der Waals surface area contributed by atoms with Crippen molar-refractivity contribution in [2.75, 3.05) is 18.0 Å². The molecule has 1 fully saturated rings. The highest BCUT2D eigenvalue weighted by atomic mass is 16.4. The first kappa shape index (κ1) is 21.0. The number of hydrogen-bond donors (Lipinski definition) is 2. The fourth-order valence-electron chi connectivity index (χ4n) is 5.60. The normalized spacial score (nSPS) is 22.0. The number of nitrogens with zero attached hydrogens (tertiary/aromatic N) is 3. The number of nitrogens with one attached hydrogen (secondary N) is 1. The van der Waals surface area contributed by atoms with E-state index < -0.39 is 6.09 Å². The summed E-state index contributed by atoms with van der Waals surface area (Å²) in [5, 5.41) is 13.4. The van der Waals surface area contributed by atoms with E-state index in [1.807, 2.05) is 19.1 Å². The van der Waals surface area contributed by atoms with E-state index in [0.717, 1.165) is 60.5 Å².